The van der Waals surface area contributed by atoms with Gasteiger partial charge in [0, 0.05) is 11.0 Å². The molecule has 0 aliphatic heterocycles. The van der Waals surface area contributed by atoms with Crippen LogP contribution in [-0.2, 0) is 0 Å². The Labute approximate surface area is 104 Å². The molecule has 0 fully saturated rings. The van der Waals surface area contributed by atoms with Gasteiger partial charge in [-0.1, -0.05) is 17.8 Å². The van der Waals surface area contributed by atoms with Gasteiger partial charge in [-0.15, -0.1) is 0 Å². The highest BCUT2D eigenvalue weighted by Crippen LogP contribution is 2.29. The third-order valence-corrected chi connectivity index (χ3v) is 3.23. The zero-order valence-corrected chi connectivity index (χ0v) is 10.4. The number of nitrogens with zero attached hydrogens (tertiary/aromatic N) is 1. The van der Waals surface area contributed by atoms with Crippen molar-refractivity contribution in [2.45, 2.75) is 9.92 Å². The number of halogens is 3. The summed E-state index contributed by atoms with van der Waals surface area (Å²) in [4.78, 5) is 4.50. The van der Waals surface area contributed by atoms with E-state index in [1.165, 1.54) is 12.1 Å². The van der Waals surface area contributed by atoms with Crippen LogP contribution >= 0.6 is 27.7 Å². The molecule has 0 amide bonds. The Morgan fingerprint density at radius 2 is 1.94 bits per heavy atom. The van der Waals surface area contributed by atoms with Crippen LogP contribution in [0.25, 0.3) is 0 Å². The Morgan fingerprint density at radius 1 is 1.12 bits per heavy atom. The molecule has 0 atom stereocenters. The molecule has 0 aliphatic rings. The van der Waals surface area contributed by atoms with E-state index in [9.17, 15) is 8.78 Å². The number of hydrogen-bond donors (Lipinski definition) is 0. The predicted molar refractivity (Wildman–Crippen MR) is 62.4 cm³/mol. The van der Waals surface area contributed by atoms with Gasteiger partial charge in [0.25, 0.3) is 0 Å². The molecule has 5 heteroatoms. The lowest BCUT2D eigenvalue weighted by atomic mass is 10.3. The second kappa shape index (κ2) is 4.93. The largest absolute Gasteiger partial charge is 0.234 e. The standard InChI is InChI=1S/C11H6BrF2NS/c12-10-2-1-3-11(15-10)16-9-5-4-7(13)6-8(9)14/h1-6H. The molecule has 1 heterocycles. The second-order valence-electron chi connectivity index (χ2n) is 2.98. The number of hydrogen-bond acceptors (Lipinski definition) is 2. The van der Waals surface area contributed by atoms with E-state index in [2.05, 4.69) is 20.9 Å². The topological polar surface area (TPSA) is 12.9 Å². The van der Waals surface area contributed by atoms with Gasteiger partial charge in [-0.2, -0.15) is 0 Å². The van der Waals surface area contributed by atoms with Crippen LogP contribution in [0.5, 0.6) is 0 Å². The normalized spacial score (nSPS) is 10.4. The monoisotopic (exact) mass is 301 g/mol. The highest BCUT2D eigenvalue weighted by Gasteiger charge is 2.06. The molecule has 1 nitrogen and oxygen atoms in total. The highest BCUT2D eigenvalue weighted by atomic mass is 79.9. The molecule has 0 bridgehead atoms. The summed E-state index contributed by atoms with van der Waals surface area (Å²) >= 11 is 4.38. The summed E-state index contributed by atoms with van der Waals surface area (Å²) in [5.41, 5.74) is 0. The predicted octanol–water partition coefficient (Wildman–Crippen LogP) is 4.27. The maximum atomic E-state index is 13.3. The molecule has 2 rings (SSSR count). The SMILES string of the molecule is Fc1ccc(Sc2cccc(Br)n2)c(F)c1. The summed E-state index contributed by atoms with van der Waals surface area (Å²) in [5, 5.41) is 0.653. The first-order chi connectivity index (χ1) is 7.65. The number of aromatic nitrogens is 1. The maximum absolute atomic E-state index is 13.3. The molecule has 2 aromatic rings. The first-order valence-corrected chi connectivity index (χ1v) is 6.01. The first kappa shape index (κ1) is 11.5. The summed E-state index contributed by atoms with van der Waals surface area (Å²) in [5.74, 6) is -1.16. The summed E-state index contributed by atoms with van der Waals surface area (Å²) in [7, 11) is 0. The molecule has 1 aromatic carbocycles. The van der Waals surface area contributed by atoms with Crippen LogP contribution in [0.1, 0.15) is 0 Å². The number of pyridine rings is 1. The van der Waals surface area contributed by atoms with Gasteiger partial charge in [-0.3, -0.25) is 0 Å². The van der Waals surface area contributed by atoms with Crippen molar-refractivity contribution < 1.29 is 8.78 Å². The van der Waals surface area contributed by atoms with Crippen molar-refractivity contribution in [1.29, 1.82) is 0 Å². The van der Waals surface area contributed by atoms with E-state index < -0.39 is 11.6 Å². The lowest BCUT2D eigenvalue weighted by Crippen LogP contribution is -1.85. The van der Waals surface area contributed by atoms with E-state index in [4.69, 9.17) is 0 Å². The van der Waals surface area contributed by atoms with Crippen molar-refractivity contribution >= 4 is 27.7 Å². The Balaban J connectivity index is 2.27. The number of benzene rings is 1. The average Bonchev–Trinajstić information content (AvgIpc) is 2.22. The molecule has 16 heavy (non-hydrogen) atoms. The van der Waals surface area contributed by atoms with E-state index in [0.717, 1.165) is 17.8 Å². The van der Waals surface area contributed by atoms with E-state index in [-0.39, 0.29) is 0 Å². The van der Waals surface area contributed by atoms with Gasteiger partial charge in [-0.25, -0.2) is 13.8 Å². The number of rotatable bonds is 2. The van der Waals surface area contributed by atoms with E-state index in [1.54, 1.807) is 18.2 Å². The van der Waals surface area contributed by atoms with Gasteiger partial charge in [0.15, 0.2) is 0 Å². The van der Waals surface area contributed by atoms with Crippen LogP contribution in [0.15, 0.2) is 50.9 Å². The molecule has 0 radical (unpaired) electrons. The van der Waals surface area contributed by atoms with Crippen molar-refractivity contribution in [3.8, 4) is 0 Å². The molecular formula is C11H6BrF2NS. The van der Waals surface area contributed by atoms with Gasteiger partial charge in [0.2, 0.25) is 0 Å². The lowest BCUT2D eigenvalue weighted by molar-refractivity contribution is 0.565. The third-order valence-electron chi connectivity index (χ3n) is 1.80. The van der Waals surface area contributed by atoms with Gasteiger partial charge >= 0.3 is 0 Å². The molecule has 0 unspecified atom stereocenters. The zero-order valence-electron chi connectivity index (χ0n) is 7.95. The van der Waals surface area contributed by atoms with E-state index in [1.807, 2.05) is 0 Å². The maximum Gasteiger partial charge on any atom is 0.140 e. The van der Waals surface area contributed by atoms with E-state index >= 15 is 0 Å². The third kappa shape index (κ3) is 2.80. The van der Waals surface area contributed by atoms with Crippen molar-refractivity contribution in [2.75, 3.05) is 0 Å². The smallest absolute Gasteiger partial charge is 0.140 e. The minimum absolute atomic E-state index is 0.354. The summed E-state index contributed by atoms with van der Waals surface area (Å²) in [6.45, 7) is 0. The minimum atomic E-state index is -0.580. The molecule has 0 aliphatic carbocycles. The van der Waals surface area contributed by atoms with Gasteiger partial charge in [0.1, 0.15) is 21.3 Å². The quantitative estimate of drug-likeness (QED) is 0.768. The van der Waals surface area contributed by atoms with Crippen LogP contribution in [-0.4, -0.2) is 4.98 Å². The Hall–Kier alpha value is -0.940. The van der Waals surface area contributed by atoms with Crippen molar-refractivity contribution in [2.24, 2.45) is 0 Å². The summed E-state index contributed by atoms with van der Waals surface area (Å²) < 4.78 is 26.7. The first-order valence-electron chi connectivity index (χ1n) is 4.40. The fraction of sp³-hybridized carbons (Fsp3) is 0. The highest BCUT2D eigenvalue weighted by molar-refractivity contribution is 9.10. The lowest BCUT2D eigenvalue weighted by Gasteiger charge is -2.02. The summed E-state index contributed by atoms with van der Waals surface area (Å²) in [6.07, 6.45) is 0. The average molecular weight is 302 g/mol. The van der Waals surface area contributed by atoms with Crippen LogP contribution in [0.4, 0.5) is 8.78 Å². The van der Waals surface area contributed by atoms with Gasteiger partial charge in [-0.05, 0) is 40.2 Å². The fourth-order valence-corrected chi connectivity index (χ4v) is 2.39. The van der Waals surface area contributed by atoms with Crippen LogP contribution in [0.3, 0.4) is 0 Å². The Morgan fingerprint density at radius 3 is 2.62 bits per heavy atom. The molecule has 0 N–H and O–H groups in total. The van der Waals surface area contributed by atoms with Gasteiger partial charge in [0.05, 0.1) is 0 Å². The van der Waals surface area contributed by atoms with Crippen LogP contribution < -0.4 is 0 Å². The fourth-order valence-electron chi connectivity index (χ4n) is 1.12. The molecule has 0 spiro atoms. The van der Waals surface area contributed by atoms with Crippen molar-refractivity contribution in [1.82, 2.24) is 4.98 Å². The minimum Gasteiger partial charge on any atom is -0.234 e. The van der Waals surface area contributed by atoms with Crippen LogP contribution in [0.2, 0.25) is 0 Å². The second-order valence-corrected chi connectivity index (χ2v) is 4.85. The van der Waals surface area contributed by atoms with E-state index in [0.29, 0.717) is 14.5 Å². The Bertz CT molecular complexity index is 519. The zero-order chi connectivity index (χ0) is 11.5. The van der Waals surface area contributed by atoms with Crippen LogP contribution in [0, 0.1) is 11.6 Å². The molecule has 1 aromatic heterocycles. The van der Waals surface area contributed by atoms with Gasteiger partial charge < -0.3 is 0 Å². The Kier molecular flexibility index (Phi) is 3.56. The molecule has 0 saturated heterocycles. The van der Waals surface area contributed by atoms with Crippen molar-refractivity contribution in [3.63, 3.8) is 0 Å². The molecular weight excluding hydrogens is 296 g/mol. The molecule has 0 saturated carbocycles. The van der Waals surface area contributed by atoms with Crippen molar-refractivity contribution in [3.05, 3.63) is 52.6 Å². The summed E-state index contributed by atoms with van der Waals surface area (Å²) in [6, 6.07) is 8.84. The molecule has 82 valence electrons.